The molecule has 1 aliphatic rings. The monoisotopic (exact) mass is 185 g/mol. The second-order valence-electron chi connectivity index (χ2n) is 3.12. The van der Waals surface area contributed by atoms with Gasteiger partial charge in [-0.05, 0) is 19.8 Å². The van der Waals surface area contributed by atoms with Crippen LogP contribution in [0.4, 0.5) is 4.79 Å². The average Bonchev–Trinajstić information content (AvgIpc) is 2.15. The lowest BCUT2D eigenvalue weighted by Gasteiger charge is -2.21. The Balaban J connectivity index is 2.39. The molecule has 0 saturated carbocycles. The van der Waals surface area contributed by atoms with Crippen molar-refractivity contribution in [3.8, 4) is 0 Å². The summed E-state index contributed by atoms with van der Waals surface area (Å²) in [4.78, 5) is 10.4. The molecule has 1 fully saturated rings. The first-order valence-corrected chi connectivity index (χ1v) is 4.37. The van der Waals surface area contributed by atoms with Crippen molar-refractivity contribution < 1.29 is 9.53 Å². The maximum absolute atomic E-state index is 10.4. The molecule has 0 atom stereocenters. The Morgan fingerprint density at radius 1 is 1.54 bits per heavy atom. The quantitative estimate of drug-likeness (QED) is 0.484. The van der Waals surface area contributed by atoms with Gasteiger partial charge in [0.05, 0.1) is 0 Å². The molecule has 0 aliphatic carbocycles. The molecule has 13 heavy (non-hydrogen) atoms. The van der Waals surface area contributed by atoms with Crippen molar-refractivity contribution in [1.29, 1.82) is 0 Å². The Kier molecular flexibility index (Phi) is 3.70. The minimum atomic E-state index is -0.619. The summed E-state index contributed by atoms with van der Waals surface area (Å²) in [6, 6.07) is -0.619. The molecular weight excluding hydrogens is 170 g/mol. The van der Waals surface area contributed by atoms with E-state index in [9.17, 15) is 4.79 Å². The highest BCUT2D eigenvalue weighted by atomic mass is 16.5. The van der Waals surface area contributed by atoms with Gasteiger partial charge >= 0.3 is 6.03 Å². The molecule has 1 saturated heterocycles. The maximum atomic E-state index is 10.4. The third-order valence-electron chi connectivity index (χ3n) is 2.15. The van der Waals surface area contributed by atoms with Crippen molar-refractivity contribution in [3.63, 3.8) is 0 Å². The normalized spacial score (nSPS) is 19.9. The molecule has 5 nitrogen and oxygen atoms in total. The minimum absolute atomic E-state index is 0.417. The van der Waals surface area contributed by atoms with Crippen LogP contribution >= 0.6 is 0 Å². The van der Waals surface area contributed by atoms with Gasteiger partial charge in [0.15, 0.2) is 0 Å². The van der Waals surface area contributed by atoms with E-state index in [0.29, 0.717) is 5.92 Å². The van der Waals surface area contributed by atoms with Gasteiger partial charge in [-0.2, -0.15) is 5.10 Å². The van der Waals surface area contributed by atoms with E-state index < -0.39 is 6.03 Å². The number of hydrogen-bond donors (Lipinski definition) is 2. The predicted molar refractivity (Wildman–Crippen MR) is 49.4 cm³/mol. The summed E-state index contributed by atoms with van der Waals surface area (Å²) < 4.78 is 5.21. The summed E-state index contributed by atoms with van der Waals surface area (Å²) in [7, 11) is 0. The molecule has 0 bridgehead atoms. The third-order valence-corrected chi connectivity index (χ3v) is 2.15. The largest absolute Gasteiger partial charge is 0.381 e. The van der Waals surface area contributed by atoms with Crippen LogP contribution in [0.2, 0.25) is 0 Å². The number of amides is 2. The number of urea groups is 1. The van der Waals surface area contributed by atoms with Gasteiger partial charge in [-0.3, -0.25) is 0 Å². The zero-order chi connectivity index (χ0) is 9.68. The van der Waals surface area contributed by atoms with E-state index in [2.05, 4.69) is 10.5 Å². The highest BCUT2D eigenvalue weighted by molar-refractivity contribution is 5.85. The van der Waals surface area contributed by atoms with E-state index in [0.717, 1.165) is 31.8 Å². The van der Waals surface area contributed by atoms with E-state index in [1.807, 2.05) is 6.92 Å². The third kappa shape index (κ3) is 3.42. The van der Waals surface area contributed by atoms with E-state index in [1.54, 1.807) is 0 Å². The van der Waals surface area contributed by atoms with Crippen LogP contribution in [0.5, 0.6) is 0 Å². The van der Waals surface area contributed by atoms with Gasteiger partial charge in [-0.15, -0.1) is 0 Å². The lowest BCUT2D eigenvalue weighted by Crippen LogP contribution is -2.28. The first kappa shape index (κ1) is 9.98. The number of nitrogens with one attached hydrogen (secondary N) is 1. The fraction of sp³-hybridized carbons (Fsp3) is 0.750. The van der Waals surface area contributed by atoms with Gasteiger partial charge in [-0.25, -0.2) is 10.2 Å². The van der Waals surface area contributed by atoms with Crippen molar-refractivity contribution in [2.45, 2.75) is 19.8 Å². The van der Waals surface area contributed by atoms with E-state index in [-0.39, 0.29) is 0 Å². The Morgan fingerprint density at radius 3 is 2.69 bits per heavy atom. The van der Waals surface area contributed by atoms with Crippen LogP contribution < -0.4 is 11.2 Å². The highest BCUT2D eigenvalue weighted by Crippen LogP contribution is 2.15. The molecule has 0 spiro atoms. The number of nitrogens with zero attached hydrogens (tertiary/aromatic N) is 1. The van der Waals surface area contributed by atoms with Crippen molar-refractivity contribution in [2.24, 2.45) is 16.8 Å². The molecule has 0 aromatic carbocycles. The van der Waals surface area contributed by atoms with Crippen LogP contribution in [0.25, 0.3) is 0 Å². The van der Waals surface area contributed by atoms with E-state index >= 15 is 0 Å². The lowest BCUT2D eigenvalue weighted by atomic mass is 9.96. The van der Waals surface area contributed by atoms with Crippen molar-refractivity contribution in [1.82, 2.24) is 5.43 Å². The molecule has 74 valence electrons. The number of carbonyl (C=O) groups excluding carboxylic acids is 1. The summed E-state index contributed by atoms with van der Waals surface area (Å²) in [6.45, 7) is 3.44. The second-order valence-corrected chi connectivity index (χ2v) is 3.12. The standard InChI is InChI=1S/C8H15N3O2/c1-6(10-11-8(9)12)7-2-4-13-5-3-7/h7H,2-5H2,1H3,(H3,9,11,12)/b10-6+. The minimum Gasteiger partial charge on any atom is -0.381 e. The van der Waals surface area contributed by atoms with E-state index in [4.69, 9.17) is 10.5 Å². The molecule has 5 heteroatoms. The molecular formula is C8H15N3O2. The smallest absolute Gasteiger partial charge is 0.332 e. The Hall–Kier alpha value is -1.10. The van der Waals surface area contributed by atoms with Gasteiger partial charge in [0.25, 0.3) is 0 Å². The van der Waals surface area contributed by atoms with Crippen molar-refractivity contribution >= 4 is 11.7 Å². The fourth-order valence-electron chi connectivity index (χ4n) is 1.35. The van der Waals surface area contributed by atoms with Gasteiger partial charge in [0, 0.05) is 24.8 Å². The number of hydrazone groups is 1. The van der Waals surface area contributed by atoms with Gasteiger partial charge in [-0.1, -0.05) is 0 Å². The molecule has 0 radical (unpaired) electrons. The Labute approximate surface area is 77.3 Å². The van der Waals surface area contributed by atoms with Gasteiger partial charge < -0.3 is 10.5 Å². The van der Waals surface area contributed by atoms with Crippen LogP contribution in [0.1, 0.15) is 19.8 Å². The zero-order valence-electron chi connectivity index (χ0n) is 7.75. The van der Waals surface area contributed by atoms with Crippen LogP contribution in [-0.4, -0.2) is 25.0 Å². The second kappa shape index (κ2) is 4.81. The van der Waals surface area contributed by atoms with Crippen LogP contribution in [-0.2, 0) is 4.74 Å². The molecule has 1 heterocycles. The maximum Gasteiger partial charge on any atom is 0.332 e. The fourth-order valence-corrected chi connectivity index (χ4v) is 1.35. The van der Waals surface area contributed by atoms with Crippen LogP contribution in [0.3, 0.4) is 0 Å². The number of nitrogens with two attached hydrogens (primary N) is 1. The number of primary amides is 1. The number of carbonyl (C=O) groups is 1. The zero-order valence-corrected chi connectivity index (χ0v) is 7.75. The Bertz CT molecular complexity index is 209. The van der Waals surface area contributed by atoms with Crippen LogP contribution in [0, 0.1) is 5.92 Å². The summed E-state index contributed by atoms with van der Waals surface area (Å²) in [6.07, 6.45) is 1.94. The molecule has 2 amide bonds. The Morgan fingerprint density at radius 2 is 2.15 bits per heavy atom. The molecule has 0 aromatic heterocycles. The molecule has 0 aromatic rings. The summed E-state index contributed by atoms with van der Waals surface area (Å²) in [5.41, 5.74) is 8.04. The lowest BCUT2D eigenvalue weighted by molar-refractivity contribution is 0.0826. The van der Waals surface area contributed by atoms with Crippen LogP contribution in [0.15, 0.2) is 5.10 Å². The summed E-state index contributed by atoms with van der Waals surface area (Å²) >= 11 is 0. The highest BCUT2D eigenvalue weighted by Gasteiger charge is 2.16. The first-order chi connectivity index (χ1) is 6.20. The molecule has 1 rings (SSSR count). The molecule has 1 aliphatic heterocycles. The summed E-state index contributed by atoms with van der Waals surface area (Å²) in [5, 5.41) is 3.88. The SMILES string of the molecule is C/C(=N\NC(N)=O)C1CCOCC1. The average molecular weight is 185 g/mol. The van der Waals surface area contributed by atoms with Crippen molar-refractivity contribution in [3.05, 3.63) is 0 Å². The predicted octanol–water partition coefficient (Wildman–Crippen LogP) is 0.457. The van der Waals surface area contributed by atoms with Gasteiger partial charge in [0.1, 0.15) is 0 Å². The topological polar surface area (TPSA) is 76.7 Å². The number of rotatable bonds is 2. The molecule has 0 unspecified atom stereocenters. The first-order valence-electron chi connectivity index (χ1n) is 4.37. The van der Waals surface area contributed by atoms with Crippen molar-refractivity contribution in [2.75, 3.05) is 13.2 Å². The number of ether oxygens (including phenoxy) is 1. The summed E-state index contributed by atoms with van der Waals surface area (Å²) in [5.74, 6) is 0.417. The van der Waals surface area contributed by atoms with E-state index in [1.165, 1.54) is 0 Å². The van der Waals surface area contributed by atoms with Gasteiger partial charge in [0.2, 0.25) is 0 Å². The molecule has 3 N–H and O–H groups in total. The number of hydrogen-bond acceptors (Lipinski definition) is 3.